The van der Waals surface area contributed by atoms with E-state index in [4.69, 9.17) is 0 Å². The average Bonchev–Trinajstić information content (AvgIpc) is 3.10. The first-order valence-corrected chi connectivity index (χ1v) is 7.58. The zero-order chi connectivity index (χ0) is 13.2. The molecule has 1 atom stereocenters. The molecular formula is C16H18N2S. The lowest BCUT2D eigenvalue weighted by Gasteiger charge is -2.12. The molecule has 0 saturated carbocycles. The van der Waals surface area contributed by atoms with Gasteiger partial charge in [-0.25, -0.2) is 0 Å². The first kappa shape index (κ1) is 12.4. The lowest BCUT2D eigenvalue weighted by atomic mass is 9.97. The first-order valence-electron chi connectivity index (χ1n) is 6.70. The Morgan fingerprint density at radius 3 is 2.63 bits per heavy atom. The predicted molar refractivity (Wildman–Crippen MR) is 81.9 cm³/mol. The molecular weight excluding hydrogens is 252 g/mol. The van der Waals surface area contributed by atoms with Crippen LogP contribution in [0.3, 0.4) is 0 Å². The zero-order valence-corrected chi connectivity index (χ0v) is 12.1. The van der Waals surface area contributed by atoms with Crippen molar-refractivity contribution < 1.29 is 0 Å². The van der Waals surface area contributed by atoms with Gasteiger partial charge in [0.05, 0.1) is 16.6 Å². The highest BCUT2D eigenvalue weighted by molar-refractivity contribution is 7.12. The maximum Gasteiger partial charge on any atom is 0.0799 e. The van der Waals surface area contributed by atoms with Crippen molar-refractivity contribution in [1.82, 2.24) is 5.43 Å². The van der Waals surface area contributed by atoms with Gasteiger partial charge in [-0.2, -0.15) is 5.10 Å². The summed E-state index contributed by atoms with van der Waals surface area (Å²) in [6, 6.07) is 13.4. The van der Waals surface area contributed by atoms with Gasteiger partial charge in [0, 0.05) is 6.42 Å². The van der Waals surface area contributed by atoms with Crippen LogP contribution in [-0.4, -0.2) is 5.71 Å². The Morgan fingerprint density at radius 2 is 2.00 bits per heavy atom. The number of hydrazone groups is 1. The highest BCUT2D eigenvalue weighted by atomic mass is 32.1. The first-order chi connectivity index (χ1) is 9.24. The number of rotatable bonds is 3. The molecule has 1 aromatic heterocycles. The van der Waals surface area contributed by atoms with Gasteiger partial charge in [0.1, 0.15) is 0 Å². The minimum absolute atomic E-state index is 0.318. The molecule has 98 valence electrons. The topological polar surface area (TPSA) is 24.4 Å². The van der Waals surface area contributed by atoms with E-state index in [-0.39, 0.29) is 0 Å². The van der Waals surface area contributed by atoms with E-state index in [0.29, 0.717) is 12.0 Å². The van der Waals surface area contributed by atoms with Crippen LogP contribution >= 0.6 is 11.3 Å². The van der Waals surface area contributed by atoms with E-state index < -0.39 is 0 Å². The van der Waals surface area contributed by atoms with Crippen molar-refractivity contribution >= 4 is 17.0 Å². The van der Waals surface area contributed by atoms with Crippen molar-refractivity contribution in [1.29, 1.82) is 0 Å². The molecule has 0 fully saturated rings. The van der Waals surface area contributed by atoms with E-state index in [0.717, 1.165) is 6.42 Å². The third-order valence-corrected chi connectivity index (χ3v) is 4.48. The van der Waals surface area contributed by atoms with E-state index in [1.165, 1.54) is 21.7 Å². The standard InChI is InChI=1S/C16H18N2S/c1-11(2)12-5-7-13(8-6-12)14-10-15(18-17-14)16-4-3-9-19-16/h3-9,11,14,17H,10H2,1-2H3. The van der Waals surface area contributed by atoms with E-state index in [9.17, 15) is 0 Å². The molecule has 2 aromatic rings. The van der Waals surface area contributed by atoms with E-state index in [1.807, 2.05) is 0 Å². The monoisotopic (exact) mass is 270 g/mol. The van der Waals surface area contributed by atoms with Gasteiger partial charge in [-0.3, -0.25) is 0 Å². The van der Waals surface area contributed by atoms with E-state index in [2.05, 4.69) is 66.2 Å². The van der Waals surface area contributed by atoms with Gasteiger partial charge in [-0.1, -0.05) is 44.2 Å². The minimum atomic E-state index is 0.318. The van der Waals surface area contributed by atoms with Gasteiger partial charge in [0.2, 0.25) is 0 Å². The molecule has 1 aliphatic rings. The second-order valence-corrected chi connectivity index (χ2v) is 6.19. The van der Waals surface area contributed by atoms with Crippen LogP contribution in [0, 0.1) is 0 Å². The molecule has 0 spiro atoms. The molecule has 0 saturated heterocycles. The van der Waals surface area contributed by atoms with Crippen molar-refractivity contribution in [2.45, 2.75) is 32.2 Å². The molecule has 1 unspecified atom stereocenters. The molecule has 2 nitrogen and oxygen atoms in total. The summed E-state index contributed by atoms with van der Waals surface area (Å²) in [6.07, 6.45) is 0.974. The van der Waals surface area contributed by atoms with E-state index in [1.54, 1.807) is 11.3 Å². The Hall–Kier alpha value is -1.61. The second-order valence-electron chi connectivity index (χ2n) is 5.24. The van der Waals surface area contributed by atoms with Crippen LogP contribution in [0.4, 0.5) is 0 Å². The normalized spacial score (nSPS) is 18.5. The van der Waals surface area contributed by atoms with Crippen LogP contribution in [0.25, 0.3) is 0 Å². The van der Waals surface area contributed by atoms with Gasteiger partial charge in [0.25, 0.3) is 0 Å². The molecule has 0 aliphatic carbocycles. The Kier molecular flexibility index (Phi) is 3.38. The van der Waals surface area contributed by atoms with Gasteiger partial charge >= 0.3 is 0 Å². The van der Waals surface area contributed by atoms with Crippen molar-refractivity contribution in [3.05, 3.63) is 57.8 Å². The summed E-state index contributed by atoms with van der Waals surface area (Å²) < 4.78 is 0. The molecule has 1 aliphatic heterocycles. The Balaban J connectivity index is 1.72. The van der Waals surface area contributed by atoms with Crippen molar-refractivity contribution in [2.24, 2.45) is 5.10 Å². The molecule has 3 heteroatoms. The van der Waals surface area contributed by atoms with Gasteiger partial charge < -0.3 is 5.43 Å². The summed E-state index contributed by atoms with van der Waals surface area (Å²) in [5.41, 5.74) is 7.14. The highest BCUT2D eigenvalue weighted by Crippen LogP contribution is 2.27. The molecule has 0 bridgehead atoms. The van der Waals surface area contributed by atoms with E-state index >= 15 is 0 Å². The van der Waals surface area contributed by atoms with Gasteiger partial charge in [-0.15, -0.1) is 11.3 Å². The maximum absolute atomic E-state index is 4.47. The SMILES string of the molecule is CC(C)c1ccc(C2CC(c3cccs3)=NN2)cc1. The van der Waals surface area contributed by atoms with Gasteiger partial charge in [0.15, 0.2) is 0 Å². The third kappa shape index (κ3) is 2.56. The fourth-order valence-corrected chi connectivity index (χ4v) is 3.07. The lowest BCUT2D eigenvalue weighted by Crippen LogP contribution is -2.09. The molecule has 3 rings (SSSR count). The number of hydrogen-bond donors (Lipinski definition) is 1. The minimum Gasteiger partial charge on any atom is -0.302 e. The zero-order valence-electron chi connectivity index (χ0n) is 11.3. The molecule has 0 radical (unpaired) electrons. The van der Waals surface area contributed by atoms with Crippen molar-refractivity contribution in [3.8, 4) is 0 Å². The Morgan fingerprint density at radius 1 is 1.21 bits per heavy atom. The van der Waals surface area contributed by atoms with Crippen LogP contribution < -0.4 is 5.43 Å². The van der Waals surface area contributed by atoms with Crippen molar-refractivity contribution in [3.63, 3.8) is 0 Å². The summed E-state index contributed by atoms with van der Waals surface area (Å²) in [4.78, 5) is 1.27. The summed E-state index contributed by atoms with van der Waals surface area (Å²) in [5.74, 6) is 0.587. The maximum atomic E-state index is 4.47. The van der Waals surface area contributed by atoms with Crippen molar-refractivity contribution in [2.75, 3.05) is 0 Å². The average molecular weight is 270 g/mol. The largest absolute Gasteiger partial charge is 0.302 e. The van der Waals surface area contributed by atoms with Gasteiger partial charge in [-0.05, 0) is 28.5 Å². The third-order valence-electron chi connectivity index (χ3n) is 3.56. The summed E-state index contributed by atoms with van der Waals surface area (Å²) in [6.45, 7) is 4.45. The molecule has 19 heavy (non-hydrogen) atoms. The molecule has 2 heterocycles. The smallest absolute Gasteiger partial charge is 0.0799 e. The molecule has 1 aromatic carbocycles. The highest BCUT2D eigenvalue weighted by Gasteiger charge is 2.21. The second kappa shape index (κ2) is 5.17. The summed E-state index contributed by atoms with van der Waals surface area (Å²) >= 11 is 1.75. The van der Waals surface area contributed by atoms with Crippen LogP contribution in [0.15, 0.2) is 46.9 Å². The number of hydrogen-bond acceptors (Lipinski definition) is 3. The number of nitrogens with zero attached hydrogens (tertiary/aromatic N) is 1. The molecule has 0 amide bonds. The molecule has 1 N–H and O–H groups in total. The van der Waals surface area contributed by atoms with Crippen LogP contribution in [-0.2, 0) is 0 Å². The number of thiophene rings is 1. The lowest BCUT2D eigenvalue weighted by molar-refractivity contribution is 0.619. The summed E-state index contributed by atoms with van der Waals surface area (Å²) in [7, 11) is 0. The summed E-state index contributed by atoms with van der Waals surface area (Å²) in [5, 5.41) is 6.57. The number of nitrogens with one attached hydrogen (secondary N) is 1. The number of benzene rings is 1. The van der Waals surface area contributed by atoms with Crippen LogP contribution in [0.5, 0.6) is 0 Å². The Labute approximate surface area is 118 Å². The van der Waals surface area contributed by atoms with Crippen LogP contribution in [0.1, 0.15) is 48.2 Å². The fraction of sp³-hybridized carbons (Fsp3) is 0.312. The Bertz CT molecular complexity index is 567. The van der Waals surface area contributed by atoms with Crippen LogP contribution in [0.2, 0.25) is 0 Å². The predicted octanol–water partition coefficient (Wildman–Crippen LogP) is 4.31. The fourth-order valence-electron chi connectivity index (χ4n) is 2.34. The quantitative estimate of drug-likeness (QED) is 0.883.